The zero-order valence-corrected chi connectivity index (χ0v) is 20.4. The van der Waals surface area contributed by atoms with Gasteiger partial charge in [0.1, 0.15) is 17.2 Å². The van der Waals surface area contributed by atoms with Gasteiger partial charge in [-0.1, -0.05) is 17.7 Å². The van der Waals surface area contributed by atoms with Gasteiger partial charge in [-0.25, -0.2) is 14.4 Å². The molecule has 1 atom stereocenters. The highest BCUT2D eigenvalue weighted by Gasteiger charge is 2.20. The van der Waals surface area contributed by atoms with Gasteiger partial charge in [0, 0.05) is 28.9 Å². The lowest BCUT2D eigenvalue weighted by molar-refractivity contribution is 0.0687. The Labute approximate surface area is 202 Å². The van der Waals surface area contributed by atoms with Gasteiger partial charge in [0.15, 0.2) is 5.82 Å². The van der Waals surface area contributed by atoms with E-state index in [2.05, 4.69) is 20.3 Å². The lowest BCUT2D eigenvalue weighted by Crippen LogP contribution is -2.19. The first-order valence-electron chi connectivity index (χ1n) is 10.8. The average molecular weight is 481 g/mol. The summed E-state index contributed by atoms with van der Waals surface area (Å²) in [6.45, 7) is 6.97. The normalized spacial score (nSPS) is 12.6. The Kier molecular flexibility index (Phi) is 6.43. The number of aryl methyl sites for hydroxylation is 1. The Balaban J connectivity index is 1.78. The van der Waals surface area contributed by atoms with Gasteiger partial charge in [-0.05, 0) is 63.6 Å². The minimum absolute atomic E-state index is 0.336. The van der Waals surface area contributed by atoms with Gasteiger partial charge in [0.2, 0.25) is 0 Å². The molecule has 176 valence electrons. The Morgan fingerprint density at radius 3 is 2.44 bits per heavy atom. The maximum atomic E-state index is 14.6. The first-order chi connectivity index (χ1) is 16.1. The number of fused-ring (bicyclic) bond motifs is 1. The third kappa shape index (κ3) is 4.67. The number of nitrogens with zero attached hydrogens (tertiary/aromatic N) is 3. The summed E-state index contributed by atoms with van der Waals surface area (Å²) in [6, 6.07) is 10.0. The maximum absolute atomic E-state index is 14.6. The molecule has 4 aromatic rings. The molecule has 0 radical (unpaired) electrons. The van der Waals surface area contributed by atoms with Crippen LogP contribution < -0.4 is 10.1 Å². The van der Waals surface area contributed by atoms with Crippen molar-refractivity contribution in [2.45, 2.75) is 39.3 Å². The van der Waals surface area contributed by atoms with E-state index in [0.717, 1.165) is 22.0 Å². The second-order valence-corrected chi connectivity index (χ2v) is 9.10. The van der Waals surface area contributed by atoms with Crippen molar-refractivity contribution in [1.29, 1.82) is 0 Å². The fourth-order valence-corrected chi connectivity index (χ4v) is 3.95. The molecule has 0 bridgehead atoms. The molecule has 34 heavy (non-hydrogen) atoms. The number of hydrogen-bond acceptors (Lipinski definition) is 6. The number of aliphatic hydroxyl groups is 1. The van der Waals surface area contributed by atoms with Crippen molar-refractivity contribution in [1.82, 2.24) is 15.0 Å². The number of pyridine rings is 1. The third-order valence-electron chi connectivity index (χ3n) is 5.65. The molecule has 4 rings (SSSR count). The van der Waals surface area contributed by atoms with Crippen molar-refractivity contribution in [2.75, 3.05) is 12.4 Å². The van der Waals surface area contributed by atoms with Crippen LogP contribution in [0.4, 0.5) is 10.1 Å². The number of ether oxygens (including phenoxy) is 1. The van der Waals surface area contributed by atoms with Gasteiger partial charge in [0.05, 0.1) is 35.1 Å². The summed E-state index contributed by atoms with van der Waals surface area (Å²) in [5.41, 5.74) is 3.06. The molecule has 2 aromatic carbocycles. The maximum Gasteiger partial charge on any atom is 0.159 e. The highest BCUT2D eigenvalue weighted by Crippen LogP contribution is 2.37. The molecule has 0 amide bonds. The fourth-order valence-electron chi connectivity index (χ4n) is 3.75. The molecule has 2 aromatic heterocycles. The van der Waals surface area contributed by atoms with E-state index in [9.17, 15) is 9.50 Å². The number of benzene rings is 2. The zero-order chi connectivity index (χ0) is 24.6. The second-order valence-electron chi connectivity index (χ2n) is 8.73. The Morgan fingerprint density at radius 1 is 1.09 bits per heavy atom. The predicted octanol–water partition coefficient (Wildman–Crippen LogP) is 6.20. The van der Waals surface area contributed by atoms with Crippen molar-refractivity contribution < 1.29 is 14.2 Å². The van der Waals surface area contributed by atoms with Crippen molar-refractivity contribution in [3.8, 4) is 16.9 Å². The van der Waals surface area contributed by atoms with E-state index in [-0.39, 0.29) is 5.82 Å². The summed E-state index contributed by atoms with van der Waals surface area (Å²) in [6.07, 6.45) is 3.35. The molecule has 0 fully saturated rings. The fraction of sp³-hybridized carbons (Fsp3) is 0.269. The van der Waals surface area contributed by atoms with E-state index in [1.807, 2.05) is 32.0 Å². The number of methoxy groups -OCH3 is 1. The van der Waals surface area contributed by atoms with E-state index in [0.29, 0.717) is 33.5 Å². The zero-order valence-electron chi connectivity index (χ0n) is 19.6. The van der Waals surface area contributed by atoms with Crippen molar-refractivity contribution >= 4 is 28.2 Å². The average Bonchev–Trinajstić information content (AvgIpc) is 2.81. The summed E-state index contributed by atoms with van der Waals surface area (Å²) < 4.78 is 19.8. The SMILES string of the molecule is COc1ccc(F)c([C@@H](C)Nc2c(Cl)c(C)nc3ccc(-c4cnc(C(C)(C)O)nc4)cc23)c1. The van der Waals surface area contributed by atoms with Crippen LogP contribution in [0.5, 0.6) is 5.75 Å². The largest absolute Gasteiger partial charge is 0.497 e. The molecule has 0 unspecified atom stereocenters. The molecule has 0 spiro atoms. The monoisotopic (exact) mass is 480 g/mol. The summed E-state index contributed by atoms with van der Waals surface area (Å²) in [4.78, 5) is 13.2. The molecular weight excluding hydrogens is 455 g/mol. The number of anilines is 1. The number of halogens is 2. The molecule has 0 aliphatic heterocycles. The Morgan fingerprint density at radius 2 is 1.79 bits per heavy atom. The summed E-state index contributed by atoms with van der Waals surface area (Å²) in [5.74, 6) is 0.578. The first-order valence-corrected chi connectivity index (χ1v) is 11.2. The molecule has 6 nitrogen and oxygen atoms in total. The smallest absolute Gasteiger partial charge is 0.159 e. The highest BCUT2D eigenvalue weighted by atomic mass is 35.5. The minimum atomic E-state index is -1.13. The topological polar surface area (TPSA) is 80.2 Å². The molecule has 0 aliphatic carbocycles. The molecule has 8 heteroatoms. The summed E-state index contributed by atoms with van der Waals surface area (Å²) in [5, 5.41) is 14.8. The standard InChI is InChI=1S/C26H26ClFN4O2/c1-14(19-11-18(34-5)7-8-21(19)28)32-24-20-10-16(6-9-22(20)31-15(2)23(24)27)17-12-29-25(30-13-17)26(3,4)33/h6-14,33H,1-5H3,(H,31,32)/t14-/m1/s1. The van der Waals surface area contributed by atoms with Crippen LogP contribution in [0.25, 0.3) is 22.0 Å². The molecule has 0 saturated carbocycles. The number of aromatic nitrogens is 3. The van der Waals surface area contributed by atoms with Gasteiger partial charge in [-0.3, -0.25) is 4.98 Å². The van der Waals surface area contributed by atoms with Crippen LogP contribution in [0.15, 0.2) is 48.8 Å². The molecular formula is C26H26ClFN4O2. The minimum Gasteiger partial charge on any atom is -0.497 e. The first kappa shape index (κ1) is 23.9. The lowest BCUT2D eigenvalue weighted by atomic mass is 10.0. The molecule has 0 saturated heterocycles. The van der Waals surface area contributed by atoms with E-state index < -0.39 is 11.6 Å². The lowest BCUT2D eigenvalue weighted by Gasteiger charge is -2.21. The van der Waals surface area contributed by atoms with Crippen LogP contribution in [-0.2, 0) is 5.60 Å². The van der Waals surface area contributed by atoms with Gasteiger partial charge in [0.25, 0.3) is 0 Å². The van der Waals surface area contributed by atoms with Gasteiger partial charge in [-0.2, -0.15) is 0 Å². The molecule has 0 aliphatic rings. The number of hydrogen-bond donors (Lipinski definition) is 2. The Hall–Kier alpha value is -3.29. The summed E-state index contributed by atoms with van der Waals surface area (Å²) in [7, 11) is 1.55. The molecule has 2 N–H and O–H groups in total. The van der Waals surface area contributed by atoms with Crippen molar-refractivity contribution in [3.63, 3.8) is 0 Å². The van der Waals surface area contributed by atoms with Crippen LogP contribution in [0.2, 0.25) is 5.02 Å². The van der Waals surface area contributed by atoms with Crippen LogP contribution in [-0.4, -0.2) is 27.2 Å². The number of nitrogens with one attached hydrogen (secondary N) is 1. The van der Waals surface area contributed by atoms with Gasteiger partial charge in [-0.15, -0.1) is 0 Å². The van der Waals surface area contributed by atoms with Crippen molar-refractivity contribution in [2.24, 2.45) is 0 Å². The van der Waals surface area contributed by atoms with Gasteiger partial charge < -0.3 is 15.2 Å². The van der Waals surface area contributed by atoms with Crippen LogP contribution in [0, 0.1) is 12.7 Å². The van der Waals surface area contributed by atoms with E-state index >= 15 is 0 Å². The van der Waals surface area contributed by atoms with Crippen LogP contribution in [0.1, 0.15) is 43.9 Å². The van der Waals surface area contributed by atoms with Crippen molar-refractivity contribution in [3.05, 3.63) is 76.7 Å². The number of rotatable bonds is 6. The van der Waals surface area contributed by atoms with E-state index in [1.165, 1.54) is 6.07 Å². The molecule has 2 heterocycles. The van der Waals surface area contributed by atoms with Crippen LogP contribution in [0.3, 0.4) is 0 Å². The summed E-state index contributed by atoms with van der Waals surface area (Å²) >= 11 is 6.68. The quantitative estimate of drug-likeness (QED) is 0.342. The highest BCUT2D eigenvalue weighted by molar-refractivity contribution is 6.35. The Bertz CT molecular complexity index is 1350. The third-order valence-corrected chi connectivity index (χ3v) is 6.12. The van der Waals surface area contributed by atoms with E-state index in [1.54, 1.807) is 45.5 Å². The van der Waals surface area contributed by atoms with Crippen LogP contribution >= 0.6 is 11.6 Å². The predicted molar refractivity (Wildman–Crippen MR) is 133 cm³/mol. The second kappa shape index (κ2) is 9.16. The van der Waals surface area contributed by atoms with E-state index in [4.69, 9.17) is 16.3 Å². The van der Waals surface area contributed by atoms with Gasteiger partial charge >= 0.3 is 0 Å².